The van der Waals surface area contributed by atoms with Crippen molar-refractivity contribution in [3.63, 3.8) is 0 Å². The third-order valence-electron chi connectivity index (χ3n) is 5.89. The van der Waals surface area contributed by atoms with Gasteiger partial charge in [0.15, 0.2) is 5.60 Å². The molecule has 0 unspecified atom stereocenters. The summed E-state index contributed by atoms with van der Waals surface area (Å²) in [6, 6.07) is 4.56. The molecule has 3 rings (SSSR count). The van der Waals surface area contributed by atoms with Crippen LogP contribution in [0.25, 0.3) is 0 Å². The second-order valence-electron chi connectivity index (χ2n) is 7.88. The number of nitrogens with one attached hydrogen (secondary N) is 1. The number of halogens is 5. The van der Waals surface area contributed by atoms with E-state index in [1.807, 2.05) is 0 Å². The van der Waals surface area contributed by atoms with E-state index in [-0.39, 0.29) is 22.8 Å². The lowest BCUT2D eigenvalue weighted by atomic mass is 9.77. The number of primary amides is 1. The number of hydrogen-bond donors (Lipinski definition) is 2. The SMILES string of the molecule is COc1nc(C(F)F)ccc1[C@@H]1[C@@H](C(=O)Nc2ccnc(C(N)=O)c2)O[C@@](C)(C(F)(F)F)[C@@H]1C. The molecule has 3 heterocycles. The number of alkyl halides is 5. The van der Waals surface area contributed by atoms with Crippen molar-refractivity contribution in [2.75, 3.05) is 12.4 Å². The van der Waals surface area contributed by atoms with Gasteiger partial charge in [0.1, 0.15) is 17.5 Å². The zero-order valence-electron chi connectivity index (χ0n) is 18.2. The van der Waals surface area contributed by atoms with Crippen molar-refractivity contribution in [2.24, 2.45) is 11.7 Å². The molecule has 3 N–H and O–H groups in total. The minimum atomic E-state index is -4.86. The normalized spacial score (nSPS) is 24.8. The van der Waals surface area contributed by atoms with E-state index in [4.69, 9.17) is 15.2 Å². The Morgan fingerprint density at radius 2 is 1.94 bits per heavy atom. The minimum absolute atomic E-state index is 0.0000725. The Morgan fingerprint density at radius 1 is 1.26 bits per heavy atom. The quantitative estimate of drug-likeness (QED) is 0.601. The number of nitrogens with zero attached hydrogens (tertiary/aromatic N) is 2. The molecule has 184 valence electrons. The summed E-state index contributed by atoms with van der Waals surface area (Å²) in [4.78, 5) is 31.8. The lowest BCUT2D eigenvalue weighted by Gasteiger charge is -2.31. The molecule has 1 aliphatic heterocycles. The molecule has 2 amide bonds. The molecule has 0 spiro atoms. The lowest BCUT2D eigenvalue weighted by molar-refractivity contribution is -0.272. The van der Waals surface area contributed by atoms with Gasteiger partial charge in [0.05, 0.1) is 7.11 Å². The Balaban J connectivity index is 2.05. The Morgan fingerprint density at radius 3 is 2.50 bits per heavy atom. The van der Waals surface area contributed by atoms with E-state index in [0.29, 0.717) is 0 Å². The maximum absolute atomic E-state index is 14.0. The second kappa shape index (κ2) is 9.12. The van der Waals surface area contributed by atoms with Crippen molar-refractivity contribution < 1.29 is 41.0 Å². The summed E-state index contributed by atoms with van der Waals surface area (Å²) in [5.41, 5.74) is 1.65. The van der Waals surface area contributed by atoms with E-state index in [1.54, 1.807) is 0 Å². The summed E-state index contributed by atoms with van der Waals surface area (Å²) in [5, 5.41) is 2.40. The van der Waals surface area contributed by atoms with Gasteiger partial charge in [0, 0.05) is 29.3 Å². The zero-order chi connectivity index (χ0) is 25.4. The molecule has 2 aromatic heterocycles. The number of pyridine rings is 2. The number of methoxy groups -OCH3 is 1. The summed E-state index contributed by atoms with van der Waals surface area (Å²) in [6.45, 7) is 2.05. The Bertz CT molecular complexity index is 1100. The zero-order valence-corrected chi connectivity index (χ0v) is 18.2. The molecule has 13 heteroatoms. The molecule has 0 bridgehead atoms. The van der Waals surface area contributed by atoms with E-state index in [2.05, 4.69) is 15.3 Å². The first-order valence-corrected chi connectivity index (χ1v) is 9.94. The number of amides is 2. The van der Waals surface area contributed by atoms with Crippen molar-refractivity contribution in [1.82, 2.24) is 9.97 Å². The Hall–Kier alpha value is -3.35. The second-order valence-corrected chi connectivity index (χ2v) is 7.88. The molecule has 0 aliphatic carbocycles. The fourth-order valence-electron chi connectivity index (χ4n) is 3.88. The molecular weight excluding hydrogens is 467 g/mol. The van der Waals surface area contributed by atoms with Gasteiger partial charge in [0.25, 0.3) is 18.2 Å². The molecule has 0 saturated carbocycles. The highest BCUT2D eigenvalue weighted by Gasteiger charge is 2.65. The number of ether oxygens (including phenoxy) is 2. The van der Waals surface area contributed by atoms with Gasteiger partial charge >= 0.3 is 6.18 Å². The number of aromatic nitrogens is 2. The molecule has 0 radical (unpaired) electrons. The largest absolute Gasteiger partial charge is 0.481 e. The molecule has 0 aromatic carbocycles. The predicted molar refractivity (Wildman–Crippen MR) is 108 cm³/mol. The standard InChI is InChI=1S/C21H21F5N4O4/c1-9-14(11-4-5-12(16(22)23)30-19(11)33-3)15(34-20(9,2)21(24,25)26)18(32)29-10-6-7-28-13(8-10)17(27)31/h4-9,14-16H,1-3H3,(H2,27,31)(H,28,29,32)/t9-,14-,15+,20-/m1/s1. The summed E-state index contributed by atoms with van der Waals surface area (Å²) in [5.74, 6) is -4.79. The van der Waals surface area contributed by atoms with E-state index in [0.717, 1.165) is 32.2 Å². The van der Waals surface area contributed by atoms with Crippen molar-refractivity contribution in [3.8, 4) is 5.88 Å². The Kier molecular flexibility index (Phi) is 6.78. The lowest BCUT2D eigenvalue weighted by Crippen LogP contribution is -2.47. The molecule has 34 heavy (non-hydrogen) atoms. The van der Waals surface area contributed by atoms with Gasteiger partial charge in [-0.3, -0.25) is 14.6 Å². The smallest absolute Gasteiger partial charge is 0.417 e. The van der Waals surface area contributed by atoms with Crippen LogP contribution in [-0.2, 0) is 9.53 Å². The van der Waals surface area contributed by atoms with Gasteiger partial charge in [0.2, 0.25) is 5.88 Å². The average Bonchev–Trinajstić information content (AvgIpc) is 3.05. The van der Waals surface area contributed by atoms with Crippen LogP contribution in [0.3, 0.4) is 0 Å². The number of nitrogens with two attached hydrogens (primary N) is 1. The summed E-state index contributed by atoms with van der Waals surface area (Å²) in [6.07, 6.45) is -8.33. The van der Waals surface area contributed by atoms with E-state index < -0.39 is 53.7 Å². The fraction of sp³-hybridized carbons (Fsp3) is 0.429. The minimum Gasteiger partial charge on any atom is -0.481 e. The van der Waals surface area contributed by atoms with E-state index >= 15 is 0 Å². The number of rotatable bonds is 6. The third-order valence-corrected chi connectivity index (χ3v) is 5.89. The summed E-state index contributed by atoms with van der Waals surface area (Å²) >= 11 is 0. The number of anilines is 1. The third kappa shape index (κ3) is 4.52. The number of carbonyl (C=O) groups excluding carboxylic acids is 2. The van der Waals surface area contributed by atoms with Gasteiger partial charge in [-0.05, 0) is 25.1 Å². The van der Waals surface area contributed by atoms with Crippen LogP contribution in [0.15, 0.2) is 30.5 Å². The van der Waals surface area contributed by atoms with Gasteiger partial charge in [-0.2, -0.15) is 13.2 Å². The highest BCUT2D eigenvalue weighted by molar-refractivity contribution is 5.97. The number of carbonyl (C=O) groups is 2. The average molecular weight is 488 g/mol. The molecule has 4 atom stereocenters. The molecule has 1 saturated heterocycles. The van der Waals surface area contributed by atoms with E-state index in [1.165, 1.54) is 19.2 Å². The van der Waals surface area contributed by atoms with Crippen LogP contribution in [0.5, 0.6) is 5.88 Å². The van der Waals surface area contributed by atoms with Crippen LogP contribution >= 0.6 is 0 Å². The van der Waals surface area contributed by atoms with Crippen LogP contribution in [0.1, 0.15) is 47.9 Å². The fourth-order valence-corrected chi connectivity index (χ4v) is 3.88. The van der Waals surface area contributed by atoms with Gasteiger partial charge in [-0.15, -0.1) is 0 Å². The maximum atomic E-state index is 14.0. The molecule has 1 fully saturated rings. The van der Waals surface area contributed by atoms with Crippen molar-refractivity contribution in [3.05, 3.63) is 47.4 Å². The van der Waals surface area contributed by atoms with Crippen LogP contribution in [0.2, 0.25) is 0 Å². The number of hydrogen-bond acceptors (Lipinski definition) is 6. The van der Waals surface area contributed by atoms with Crippen molar-refractivity contribution in [1.29, 1.82) is 0 Å². The molecular formula is C21H21F5N4O4. The van der Waals surface area contributed by atoms with Gasteiger partial charge in [-0.25, -0.2) is 13.8 Å². The van der Waals surface area contributed by atoms with Crippen LogP contribution in [-0.4, -0.2) is 46.8 Å². The first-order valence-electron chi connectivity index (χ1n) is 9.94. The monoisotopic (exact) mass is 488 g/mol. The summed E-state index contributed by atoms with van der Waals surface area (Å²) in [7, 11) is 1.13. The van der Waals surface area contributed by atoms with Gasteiger partial charge < -0.3 is 20.5 Å². The van der Waals surface area contributed by atoms with Crippen molar-refractivity contribution >= 4 is 17.5 Å². The van der Waals surface area contributed by atoms with Crippen LogP contribution in [0.4, 0.5) is 27.6 Å². The molecule has 8 nitrogen and oxygen atoms in total. The van der Waals surface area contributed by atoms with Crippen LogP contribution in [0, 0.1) is 5.92 Å². The van der Waals surface area contributed by atoms with Gasteiger partial charge in [-0.1, -0.05) is 13.0 Å². The van der Waals surface area contributed by atoms with Crippen LogP contribution < -0.4 is 15.8 Å². The molecule has 2 aromatic rings. The Labute approximate surface area is 190 Å². The first kappa shape index (κ1) is 25.3. The maximum Gasteiger partial charge on any atom is 0.417 e. The highest BCUT2D eigenvalue weighted by atomic mass is 19.4. The topological polar surface area (TPSA) is 116 Å². The molecule has 1 aliphatic rings. The predicted octanol–water partition coefficient (Wildman–Crippen LogP) is 3.60. The highest BCUT2D eigenvalue weighted by Crippen LogP contribution is 2.54. The first-order chi connectivity index (χ1) is 15.8. The summed E-state index contributed by atoms with van der Waals surface area (Å²) < 4.78 is 78.5. The van der Waals surface area contributed by atoms with E-state index in [9.17, 15) is 31.5 Å². The van der Waals surface area contributed by atoms with Crippen molar-refractivity contribution in [2.45, 2.75) is 44.1 Å².